The Hall–Kier alpha value is -2.09. The zero-order valence-corrected chi connectivity index (χ0v) is 21.3. The molecule has 2 saturated carbocycles. The molecule has 9 rings (SSSR count). The van der Waals surface area contributed by atoms with E-state index in [1.54, 1.807) is 0 Å². The Kier molecular flexibility index (Phi) is 4.07. The van der Waals surface area contributed by atoms with E-state index in [9.17, 15) is 5.11 Å². The highest BCUT2D eigenvalue weighted by Gasteiger charge is 2.72. The number of hydrogen-bond acceptors (Lipinski definition) is 6. The Balaban J connectivity index is 1.11. The number of nitrogens with two attached hydrogens (primary N) is 1. The molecule has 6 nitrogen and oxygen atoms in total. The van der Waals surface area contributed by atoms with Gasteiger partial charge in [-0.25, -0.2) is 0 Å². The van der Waals surface area contributed by atoms with Crippen molar-refractivity contribution in [3.63, 3.8) is 0 Å². The minimum absolute atomic E-state index is 0.0629. The second kappa shape index (κ2) is 6.91. The van der Waals surface area contributed by atoms with E-state index in [0.29, 0.717) is 18.2 Å². The van der Waals surface area contributed by atoms with Gasteiger partial charge in [0.2, 0.25) is 0 Å². The van der Waals surface area contributed by atoms with Crippen molar-refractivity contribution in [1.29, 1.82) is 0 Å². The maximum absolute atomic E-state index is 11.6. The fourth-order valence-corrected chi connectivity index (χ4v) is 9.75. The van der Waals surface area contributed by atoms with Crippen LogP contribution in [0.5, 0.6) is 0 Å². The van der Waals surface area contributed by atoms with Gasteiger partial charge in [0.05, 0.1) is 17.3 Å². The van der Waals surface area contributed by atoms with Crippen molar-refractivity contribution in [1.82, 2.24) is 9.88 Å². The Bertz CT molecular complexity index is 1400. The molecule has 5 fully saturated rings. The van der Waals surface area contributed by atoms with Gasteiger partial charge >= 0.3 is 0 Å². The molecule has 1 aromatic carbocycles. The van der Waals surface area contributed by atoms with Crippen molar-refractivity contribution in [3.05, 3.63) is 65.5 Å². The topological polar surface area (TPSA) is 84.1 Å². The van der Waals surface area contributed by atoms with Gasteiger partial charge in [-0.05, 0) is 71.7 Å². The summed E-state index contributed by atoms with van der Waals surface area (Å²) in [5.74, 6) is 0.369. The standard InChI is InChI=1S/C31H35N3O3/c1-29-6-4-20-11-22-27-28(36-27)23(34-15-21(32)16-34)13-30(22)7-8-31(20,37-30)25(29)12-24(35)26(29)18-3-2-17-5-9-33-14-19(17)10-18/h2-5,9-11,14,21,23-28,35H,6-8,12-13,15-16,32H2,1H3/t23-,24+,25+,26-,27+,28-,29-,30+,31?/m0/s1. The van der Waals surface area contributed by atoms with Crippen LogP contribution in [0.25, 0.3) is 10.8 Å². The van der Waals surface area contributed by atoms with Crippen LogP contribution in [0, 0.1) is 11.3 Å². The summed E-state index contributed by atoms with van der Waals surface area (Å²) in [5.41, 5.74) is 9.52. The summed E-state index contributed by atoms with van der Waals surface area (Å²) < 4.78 is 13.7. The molecule has 9 atom stereocenters. The molecule has 192 valence electrons. The molecule has 7 aliphatic rings. The fraction of sp³-hybridized carbons (Fsp3) is 0.581. The minimum Gasteiger partial charge on any atom is -0.392 e. The molecule has 0 amide bonds. The van der Waals surface area contributed by atoms with Crippen LogP contribution in [0.3, 0.4) is 0 Å². The van der Waals surface area contributed by atoms with Crippen LogP contribution >= 0.6 is 0 Å². The lowest BCUT2D eigenvalue weighted by Gasteiger charge is -2.54. The number of ether oxygens (including phenoxy) is 2. The zero-order chi connectivity index (χ0) is 24.7. The van der Waals surface area contributed by atoms with Crippen molar-refractivity contribution in [2.75, 3.05) is 13.1 Å². The third kappa shape index (κ3) is 2.66. The van der Waals surface area contributed by atoms with E-state index in [1.807, 2.05) is 12.4 Å². The van der Waals surface area contributed by atoms with Crippen LogP contribution in [0.15, 0.2) is 60.0 Å². The quantitative estimate of drug-likeness (QED) is 0.619. The predicted octanol–water partition coefficient (Wildman–Crippen LogP) is 3.45. The van der Waals surface area contributed by atoms with Gasteiger partial charge in [0.1, 0.15) is 12.2 Å². The summed E-state index contributed by atoms with van der Waals surface area (Å²) in [4.78, 5) is 6.87. The summed E-state index contributed by atoms with van der Waals surface area (Å²) in [6, 6.07) is 9.43. The molecule has 6 heteroatoms. The number of hydrogen-bond donors (Lipinski definition) is 2. The molecule has 0 radical (unpaired) electrons. The Labute approximate surface area is 217 Å². The van der Waals surface area contributed by atoms with Crippen LogP contribution in [-0.2, 0) is 9.47 Å². The number of aliphatic hydroxyl groups excluding tert-OH is 1. The van der Waals surface area contributed by atoms with Crippen molar-refractivity contribution in [3.8, 4) is 0 Å². The molecule has 3 N–H and O–H groups in total. The molecule has 1 aromatic heterocycles. The second-order valence-electron chi connectivity index (χ2n) is 13.3. The van der Waals surface area contributed by atoms with E-state index < -0.39 is 0 Å². The highest BCUT2D eigenvalue weighted by molar-refractivity contribution is 5.82. The molecule has 2 bridgehead atoms. The molecule has 37 heavy (non-hydrogen) atoms. The monoisotopic (exact) mass is 497 g/mol. The first-order valence-corrected chi connectivity index (χ1v) is 14.2. The predicted molar refractivity (Wildman–Crippen MR) is 140 cm³/mol. The van der Waals surface area contributed by atoms with Crippen LogP contribution in [-0.4, -0.2) is 69.7 Å². The summed E-state index contributed by atoms with van der Waals surface area (Å²) in [6.07, 6.45) is 13.7. The largest absolute Gasteiger partial charge is 0.392 e. The van der Waals surface area contributed by atoms with Crippen LogP contribution in [0.1, 0.15) is 50.5 Å². The zero-order valence-electron chi connectivity index (χ0n) is 21.3. The first kappa shape index (κ1) is 21.8. The number of benzene rings is 1. The molecule has 3 saturated heterocycles. The maximum Gasteiger partial charge on any atom is 0.110 e. The first-order valence-electron chi connectivity index (χ1n) is 14.2. The third-order valence-corrected chi connectivity index (χ3v) is 11.5. The van der Waals surface area contributed by atoms with E-state index in [-0.39, 0.29) is 40.7 Å². The van der Waals surface area contributed by atoms with Crippen molar-refractivity contribution < 1.29 is 14.6 Å². The minimum atomic E-state index is -0.380. The smallest absolute Gasteiger partial charge is 0.110 e. The SMILES string of the molecule is C[C@]12CC=C3C=C4[C@H]5O[C@H]5[C@@H](N5CC(N)C5)C[C@]45CCC3(O5)[C@@H]1C[C@@H](O)[C@@H]2c1ccc2ccncc2c1. The lowest BCUT2D eigenvalue weighted by atomic mass is 9.58. The molecule has 1 unspecified atom stereocenters. The van der Waals surface area contributed by atoms with Crippen LogP contribution in [0.4, 0.5) is 0 Å². The summed E-state index contributed by atoms with van der Waals surface area (Å²) in [6.45, 7) is 4.35. The summed E-state index contributed by atoms with van der Waals surface area (Å²) in [5, 5.41) is 14.0. The number of nitrogens with zero attached hydrogens (tertiary/aromatic N) is 2. The number of rotatable bonds is 2. The van der Waals surface area contributed by atoms with E-state index in [2.05, 4.69) is 53.2 Å². The molecule has 3 aliphatic carbocycles. The van der Waals surface area contributed by atoms with Gasteiger partial charge in [0, 0.05) is 54.8 Å². The molecule has 2 spiro atoms. The third-order valence-electron chi connectivity index (χ3n) is 11.5. The van der Waals surface area contributed by atoms with E-state index in [1.165, 1.54) is 22.1 Å². The highest BCUT2D eigenvalue weighted by atomic mass is 16.6. The van der Waals surface area contributed by atoms with Gasteiger partial charge < -0.3 is 20.3 Å². The van der Waals surface area contributed by atoms with E-state index >= 15 is 0 Å². The molecule has 4 aliphatic heterocycles. The Morgan fingerprint density at radius 2 is 2.05 bits per heavy atom. The summed E-state index contributed by atoms with van der Waals surface area (Å²) >= 11 is 0. The van der Waals surface area contributed by atoms with Gasteiger partial charge in [0.25, 0.3) is 0 Å². The molecule has 5 heterocycles. The Morgan fingerprint density at radius 3 is 2.92 bits per heavy atom. The fourth-order valence-electron chi connectivity index (χ4n) is 9.75. The number of aliphatic hydroxyl groups is 1. The number of likely N-dealkylation sites (tertiary alicyclic amines) is 1. The van der Waals surface area contributed by atoms with Gasteiger partial charge in [0.15, 0.2) is 0 Å². The Morgan fingerprint density at radius 1 is 1.16 bits per heavy atom. The number of fused-ring (bicyclic) bond motifs is 4. The van der Waals surface area contributed by atoms with Gasteiger partial charge in [-0.2, -0.15) is 0 Å². The summed E-state index contributed by atoms with van der Waals surface area (Å²) in [7, 11) is 0. The average molecular weight is 498 g/mol. The van der Waals surface area contributed by atoms with Gasteiger partial charge in [-0.1, -0.05) is 31.2 Å². The lowest BCUT2D eigenvalue weighted by molar-refractivity contribution is -0.140. The number of epoxide rings is 1. The van der Waals surface area contributed by atoms with Crippen molar-refractivity contribution in [2.24, 2.45) is 17.1 Å². The molecule has 2 aromatic rings. The normalized spacial score (nSPS) is 47.9. The molecular weight excluding hydrogens is 462 g/mol. The van der Waals surface area contributed by atoms with Gasteiger partial charge in [-0.3, -0.25) is 9.88 Å². The second-order valence-corrected chi connectivity index (χ2v) is 13.3. The van der Waals surface area contributed by atoms with E-state index in [0.717, 1.165) is 50.6 Å². The van der Waals surface area contributed by atoms with Crippen molar-refractivity contribution >= 4 is 10.8 Å². The number of allylic oxidation sites excluding steroid dienone is 1. The first-order chi connectivity index (χ1) is 17.9. The highest BCUT2D eigenvalue weighted by Crippen LogP contribution is 2.70. The van der Waals surface area contributed by atoms with Crippen LogP contribution in [0.2, 0.25) is 0 Å². The van der Waals surface area contributed by atoms with Gasteiger partial charge in [-0.15, -0.1) is 0 Å². The molecular formula is C31H35N3O3. The average Bonchev–Trinajstić information content (AvgIpc) is 3.54. The van der Waals surface area contributed by atoms with E-state index in [4.69, 9.17) is 15.2 Å². The van der Waals surface area contributed by atoms with Crippen LogP contribution < -0.4 is 5.73 Å². The number of pyridine rings is 1. The maximum atomic E-state index is 11.6. The number of aromatic nitrogens is 1. The lowest BCUT2D eigenvalue weighted by Crippen LogP contribution is -2.64. The van der Waals surface area contributed by atoms with Crippen molar-refractivity contribution in [2.45, 2.75) is 86.5 Å².